The van der Waals surface area contributed by atoms with Gasteiger partial charge < -0.3 is 4.74 Å². The molecule has 0 heterocycles. The Hall–Kier alpha value is -3.61. The number of amides is 1. The monoisotopic (exact) mass is 398 g/mol. The summed E-state index contributed by atoms with van der Waals surface area (Å²) >= 11 is 0. The van der Waals surface area contributed by atoms with Crippen LogP contribution in [-0.2, 0) is 11.0 Å². The Labute approximate surface area is 165 Å². The first-order valence-electron chi connectivity index (χ1n) is 8.70. The zero-order chi connectivity index (χ0) is 20.7. The number of carbonyl (C=O) groups is 1. The van der Waals surface area contributed by atoms with Crippen LogP contribution in [0.1, 0.15) is 11.1 Å². The number of halogens is 3. The van der Waals surface area contributed by atoms with Gasteiger partial charge in [-0.1, -0.05) is 60.7 Å². The van der Waals surface area contributed by atoms with E-state index in [4.69, 9.17) is 4.74 Å². The molecule has 0 unspecified atom stereocenters. The fourth-order valence-corrected chi connectivity index (χ4v) is 2.56. The summed E-state index contributed by atoms with van der Waals surface area (Å²) < 4.78 is 43.2. The van der Waals surface area contributed by atoms with E-state index in [9.17, 15) is 18.0 Å². The number of ether oxygens (including phenoxy) is 1. The third-order valence-electron chi connectivity index (χ3n) is 3.97. The molecule has 0 aliphatic heterocycles. The Kier molecular flexibility index (Phi) is 6.29. The Balaban J connectivity index is 1.55. The molecule has 0 aromatic heterocycles. The van der Waals surface area contributed by atoms with E-state index >= 15 is 0 Å². The summed E-state index contributed by atoms with van der Waals surface area (Å²) in [5.74, 6) is 0.0663. The van der Waals surface area contributed by atoms with Crippen molar-refractivity contribution in [1.29, 1.82) is 0 Å². The van der Waals surface area contributed by atoms with Crippen LogP contribution >= 0.6 is 0 Å². The quantitative estimate of drug-likeness (QED) is 0.474. The van der Waals surface area contributed by atoms with E-state index in [2.05, 4.69) is 10.5 Å². The number of alkyl halides is 3. The summed E-state index contributed by atoms with van der Waals surface area (Å²) in [6, 6.07) is 21.4. The first kappa shape index (κ1) is 20.1. The lowest BCUT2D eigenvalue weighted by molar-refractivity contribution is -0.137. The number of hydrazone groups is 1. The van der Waals surface area contributed by atoms with Gasteiger partial charge in [0.25, 0.3) is 5.91 Å². The molecule has 1 amide bonds. The Morgan fingerprint density at radius 3 is 2.28 bits per heavy atom. The Morgan fingerprint density at radius 1 is 0.931 bits per heavy atom. The van der Waals surface area contributed by atoms with Crippen LogP contribution in [0.3, 0.4) is 0 Å². The van der Waals surface area contributed by atoms with Crippen LogP contribution in [0, 0.1) is 0 Å². The molecule has 4 nitrogen and oxygen atoms in total. The maximum absolute atomic E-state index is 12.5. The zero-order valence-electron chi connectivity index (χ0n) is 15.2. The maximum Gasteiger partial charge on any atom is 0.416 e. The highest BCUT2D eigenvalue weighted by molar-refractivity contribution is 5.83. The second-order valence-corrected chi connectivity index (χ2v) is 6.06. The molecule has 0 atom stereocenters. The second-order valence-electron chi connectivity index (χ2n) is 6.06. The average molecular weight is 398 g/mol. The molecule has 0 aliphatic carbocycles. The molecule has 0 fully saturated rings. The van der Waals surface area contributed by atoms with Crippen molar-refractivity contribution >= 4 is 12.1 Å². The first-order valence-corrected chi connectivity index (χ1v) is 8.70. The van der Waals surface area contributed by atoms with Gasteiger partial charge >= 0.3 is 6.18 Å². The van der Waals surface area contributed by atoms with Crippen molar-refractivity contribution in [2.24, 2.45) is 5.10 Å². The van der Waals surface area contributed by atoms with Crippen molar-refractivity contribution in [3.63, 3.8) is 0 Å². The van der Waals surface area contributed by atoms with E-state index in [1.165, 1.54) is 18.3 Å². The van der Waals surface area contributed by atoms with E-state index in [1.807, 2.05) is 48.5 Å². The summed E-state index contributed by atoms with van der Waals surface area (Å²) in [5.41, 5.74) is 3.78. The van der Waals surface area contributed by atoms with E-state index in [0.717, 1.165) is 23.3 Å². The SMILES string of the molecule is O=C(COc1ccccc1-c1ccccc1)N/N=C\c1ccc(C(F)(F)F)cc1. The number of benzene rings is 3. The van der Waals surface area contributed by atoms with Crippen LogP contribution in [-0.4, -0.2) is 18.7 Å². The molecule has 0 radical (unpaired) electrons. The molecule has 0 bridgehead atoms. The first-order chi connectivity index (χ1) is 13.9. The van der Waals surface area contributed by atoms with Crippen LogP contribution < -0.4 is 10.2 Å². The topological polar surface area (TPSA) is 50.7 Å². The van der Waals surface area contributed by atoms with E-state index in [0.29, 0.717) is 11.3 Å². The molecule has 3 rings (SSSR count). The van der Waals surface area contributed by atoms with Gasteiger partial charge in [0.15, 0.2) is 6.61 Å². The van der Waals surface area contributed by atoms with Crippen LogP contribution in [0.15, 0.2) is 84.0 Å². The number of rotatable bonds is 6. The minimum Gasteiger partial charge on any atom is -0.483 e. The van der Waals surface area contributed by atoms with Crippen molar-refractivity contribution in [2.45, 2.75) is 6.18 Å². The standard InChI is InChI=1S/C22H17F3N2O2/c23-22(24,25)18-12-10-16(11-13-18)14-26-27-21(28)15-29-20-9-5-4-8-19(20)17-6-2-1-3-7-17/h1-14H,15H2,(H,27,28)/b26-14-. The van der Waals surface area contributed by atoms with Crippen LogP contribution in [0.25, 0.3) is 11.1 Å². The number of carbonyl (C=O) groups excluding carboxylic acids is 1. The molecule has 0 saturated carbocycles. The fraction of sp³-hybridized carbons (Fsp3) is 0.0909. The number of para-hydroxylation sites is 1. The molecular weight excluding hydrogens is 381 g/mol. The van der Waals surface area contributed by atoms with E-state index in [-0.39, 0.29) is 6.61 Å². The third kappa shape index (κ3) is 5.68. The van der Waals surface area contributed by atoms with Gasteiger partial charge in [0.1, 0.15) is 5.75 Å². The summed E-state index contributed by atoms with van der Waals surface area (Å²) in [6.07, 6.45) is -3.13. The predicted octanol–water partition coefficient (Wildman–Crippen LogP) is 4.90. The fourth-order valence-electron chi connectivity index (χ4n) is 2.56. The molecule has 1 N–H and O–H groups in total. The minimum atomic E-state index is -4.39. The van der Waals surface area contributed by atoms with Gasteiger partial charge in [-0.2, -0.15) is 18.3 Å². The molecule has 3 aromatic rings. The normalized spacial score (nSPS) is 11.4. The van der Waals surface area contributed by atoms with Gasteiger partial charge in [0.2, 0.25) is 0 Å². The van der Waals surface area contributed by atoms with Gasteiger partial charge in [-0.05, 0) is 29.3 Å². The van der Waals surface area contributed by atoms with Crippen LogP contribution in [0.2, 0.25) is 0 Å². The lowest BCUT2D eigenvalue weighted by Gasteiger charge is -2.10. The van der Waals surface area contributed by atoms with Crippen molar-refractivity contribution in [3.05, 3.63) is 90.0 Å². The number of hydrogen-bond donors (Lipinski definition) is 1. The molecule has 3 aromatic carbocycles. The van der Waals surface area contributed by atoms with Gasteiger partial charge in [-0.15, -0.1) is 0 Å². The van der Waals surface area contributed by atoms with E-state index < -0.39 is 17.6 Å². The van der Waals surface area contributed by atoms with Crippen LogP contribution in [0.5, 0.6) is 5.75 Å². The molecule has 0 saturated heterocycles. The summed E-state index contributed by atoms with van der Waals surface area (Å²) in [6.45, 7) is -0.256. The average Bonchev–Trinajstić information content (AvgIpc) is 2.73. The van der Waals surface area contributed by atoms with Crippen LogP contribution in [0.4, 0.5) is 13.2 Å². The van der Waals surface area contributed by atoms with Gasteiger partial charge in [0, 0.05) is 5.56 Å². The summed E-state index contributed by atoms with van der Waals surface area (Å²) in [7, 11) is 0. The van der Waals surface area contributed by atoms with Crippen molar-refractivity contribution < 1.29 is 22.7 Å². The molecule has 0 aliphatic rings. The lowest BCUT2D eigenvalue weighted by Crippen LogP contribution is -2.24. The van der Waals surface area contributed by atoms with Gasteiger partial charge in [-0.3, -0.25) is 4.79 Å². The highest BCUT2D eigenvalue weighted by atomic mass is 19.4. The minimum absolute atomic E-state index is 0.256. The molecule has 7 heteroatoms. The molecule has 29 heavy (non-hydrogen) atoms. The second kappa shape index (κ2) is 9.05. The smallest absolute Gasteiger partial charge is 0.416 e. The highest BCUT2D eigenvalue weighted by Crippen LogP contribution is 2.30. The third-order valence-corrected chi connectivity index (χ3v) is 3.97. The summed E-state index contributed by atoms with van der Waals surface area (Å²) in [4.78, 5) is 11.9. The van der Waals surface area contributed by atoms with Crippen molar-refractivity contribution in [2.75, 3.05) is 6.61 Å². The Bertz CT molecular complexity index is 985. The largest absolute Gasteiger partial charge is 0.483 e. The number of nitrogens with one attached hydrogen (secondary N) is 1. The van der Waals surface area contributed by atoms with Gasteiger partial charge in [-0.25, -0.2) is 5.43 Å². The lowest BCUT2D eigenvalue weighted by atomic mass is 10.1. The van der Waals surface area contributed by atoms with Gasteiger partial charge in [0.05, 0.1) is 11.8 Å². The maximum atomic E-state index is 12.5. The molecule has 0 spiro atoms. The number of hydrogen-bond acceptors (Lipinski definition) is 3. The van der Waals surface area contributed by atoms with E-state index in [1.54, 1.807) is 6.07 Å². The number of nitrogens with zero attached hydrogens (tertiary/aromatic N) is 1. The predicted molar refractivity (Wildman–Crippen MR) is 105 cm³/mol. The molecular formula is C22H17F3N2O2. The van der Waals surface area contributed by atoms with Crippen molar-refractivity contribution in [3.8, 4) is 16.9 Å². The summed E-state index contributed by atoms with van der Waals surface area (Å²) in [5, 5.41) is 3.74. The Morgan fingerprint density at radius 2 is 1.59 bits per heavy atom. The highest BCUT2D eigenvalue weighted by Gasteiger charge is 2.29. The molecule has 148 valence electrons. The zero-order valence-corrected chi connectivity index (χ0v) is 15.2. The van der Waals surface area contributed by atoms with Crippen molar-refractivity contribution in [1.82, 2.24) is 5.43 Å².